The summed E-state index contributed by atoms with van der Waals surface area (Å²) in [5.74, 6) is 0.889. The van der Waals surface area contributed by atoms with E-state index in [-0.39, 0.29) is 17.9 Å². The molecule has 3 heterocycles. The smallest absolute Gasteiger partial charge is 0.277 e. The van der Waals surface area contributed by atoms with Crippen LogP contribution in [-0.4, -0.2) is 58.6 Å². The Hall–Kier alpha value is -3.81. The third-order valence-corrected chi connectivity index (χ3v) is 6.35. The zero-order chi connectivity index (χ0) is 22.9. The van der Waals surface area contributed by atoms with Gasteiger partial charge in [-0.1, -0.05) is 23.8 Å². The van der Waals surface area contributed by atoms with Crippen molar-refractivity contribution in [1.29, 1.82) is 0 Å². The topological polar surface area (TPSA) is 83.5 Å². The maximum atomic E-state index is 13.0. The van der Waals surface area contributed by atoms with Crippen molar-refractivity contribution in [3.63, 3.8) is 0 Å². The Morgan fingerprint density at radius 2 is 1.91 bits per heavy atom. The highest BCUT2D eigenvalue weighted by atomic mass is 16.5. The number of piperazine rings is 1. The van der Waals surface area contributed by atoms with Crippen LogP contribution in [0.4, 0.5) is 5.69 Å². The van der Waals surface area contributed by atoms with Crippen molar-refractivity contribution in [2.75, 3.05) is 38.2 Å². The number of hydrogen-bond donors (Lipinski definition) is 1. The van der Waals surface area contributed by atoms with E-state index in [0.29, 0.717) is 30.7 Å². The Balaban J connectivity index is 1.25. The van der Waals surface area contributed by atoms with E-state index in [4.69, 9.17) is 4.74 Å². The van der Waals surface area contributed by atoms with Crippen LogP contribution in [0.5, 0.6) is 5.75 Å². The summed E-state index contributed by atoms with van der Waals surface area (Å²) in [5.41, 5.74) is 4.06. The fourth-order valence-electron chi connectivity index (χ4n) is 4.53. The first kappa shape index (κ1) is 21.1. The minimum atomic E-state index is -0.150. The van der Waals surface area contributed by atoms with E-state index in [1.807, 2.05) is 54.3 Å². The van der Waals surface area contributed by atoms with Crippen molar-refractivity contribution < 1.29 is 9.53 Å². The molecular formula is C25H27N5O3. The minimum Gasteiger partial charge on any atom is -0.495 e. The van der Waals surface area contributed by atoms with Crippen LogP contribution in [0.3, 0.4) is 0 Å². The second-order valence-electron chi connectivity index (χ2n) is 8.43. The van der Waals surface area contributed by atoms with E-state index in [1.165, 1.54) is 4.57 Å². The highest BCUT2D eigenvalue weighted by molar-refractivity contribution is 6.04. The summed E-state index contributed by atoms with van der Waals surface area (Å²) in [6.07, 6.45) is 1.81. The Kier molecular flexibility index (Phi) is 5.50. The second kappa shape index (κ2) is 8.61. The van der Waals surface area contributed by atoms with Crippen LogP contribution in [0.15, 0.2) is 53.6 Å². The molecule has 0 aliphatic carbocycles. The number of anilines is 1. The zero-order valence-corrected chi connectivity index (χ0v) is 18.9. The molecule has 0 bridgehead atoms. The van der Waals surface area contributed by atoms with E-state index in [9.17, 15) is 9.59 Å². The van der Waals surface area contributed by atoms with E-state index in [1.54, 1.807) is 13.4 Å². The molecule has 8 heteroatoms. The number of amides is 1. The molecule has 0 saturated carbocycles. The summed E-state index contributed by atoms with van der Waals surface area (Å²) in [5, 5.41) is 0.943. The Bertz CT molecular complexity index is 1380. The van der Waals surface area contributed by atoms with Crippen LogP contribution in [0.2, 0.25) is 0 Å². The number of benzene rings is 2. The van der Waals surface area contributed by atoms with Crippen LogP contribution >= 0.6 is 0 Å². The van der Waals surface area contributed by atoms with Crippen molar-refractivity contribution in [3.8, 4) is 5.75 Å². The van der Waals surface area contributed by atoms with Gasteiger partial charge in [-0.2, -0.15) is 0 Å². The van der Waals surface area contributed by atoms with Crippen LogP contribution in [-0.2, 0) is 11.3 Å². The Morgan fingerprint density at radius 1 is 1.12 bits per heavy atom. The Morgan fingerprint density at radius 3 is 2.70 bits per heavy atom. The molecule has 1 fully saturated rings. The third kappa shape index (κ3) is 3.92. The average molecular weight is 446 g/mol. The highest BCUT2D eigenvalue weighted by Gasteiger charge is 2.23. The number of hydrogen-bond acceptors (Lipinski definition) is 5. The highest BCUT2D eigenvalue weighted by Crippen LogP contribution is 2.28. The lowest BCUT2D eigenvalue weighted by Crippen LogP contribution is -2.49. The molecule has 1 aliphatic heterocycles. The SMILES string of the molecule is COc1ccccc1N1CCN(C(=O)CCn2cnc3c([nH]c4ccc(C)cc43)c2=O)CC1. The number of H-pyrrole nitrogens is 1. The predicted molar refractivity (Wildman–Crippen MR) is 129 cm³/mol. The lowest BCUT2D eigenvalue weighted by atomic mass is 10.2. The number of aromatic amines is 1. The first-order chi connectivity index (χ1) is 16.0. The summed E-state index contributed by atoms with van der Waals surface area (Å²) in [6.45, 7) is 5.10. The van der Waals surface area contributed by atoms with E-state index in [0.717, 1.165) is 41.0 Å². The van der Waals surface area contributed by atoms with Gasteiger partial charge >= 0.3 is 0 Å². The standard InChI is InChI=1S/C25H27N5O3/c1-17-7-8-19-18(15-17)23-24(27-19)25(32)30(16-26-23)10-9-22(31)29-13-11-28(12-14-29)20-5-3-4-6-21(20)33-2/h3-8,15-16,27H,9-14H2,1-2H3. The van der Waals surface area contributed by atoms with Crippen molar-refractivity contribution in [2.45, 2.75) is 19.9 Å². The molecule has 1 saturated heterocycles. The molecule has 2 aromatic heterocycles. The van der Waals surface area contributed by atoms with Gasteiger partial charge in [0.05, 0.1) is 19.1 Å². The Labute approximate surface area is 191 Å². The molecule has 8 nitrogen and oxygen atoms in total. The maximum absolute atomic E-state index is 13.0. The minimum absolute atomic E-state index is 0.0499. The number of para-hydroxylation sites is 2. The number of aryl methyl sites for hydroxylation is 2. The van der Waals surface area contributed by atoms with Gasteiger partial charge in [-0.05, 0) is 31.2 Å². The molecule has 4 aromatic rings. The first-order valence-corrected chi connectivity index (χ1v) is 11.2. The number of ether oxygens (including phenoxy) is 1. The van der Waals surface area contributed by atoms with Gasteiger partial charge in [-0.15, -0.1) is 0 Å². The summed E-state index contributed by atoms with van der Waals surface area (Å²) in [6, 6.07) is 13.9. The number of aromatic nitrogens is 3. The van der Waals surface area contributed by atoms with Gasteiger partial charge in [-0.25, -0.2) is 4.98 Å². The van der Waals surface area contributed by atoms with Gasteiger partial charge in [-0.3, -0.25) is 14.2 Å². The van der Waals surface area contributed by atoms with Crippen LogP contribution < -0.4 is 15.2 Å². The second-order valence-corrected chi connectivity index (χ2v) is 8.43. The summed E-state index contributed by atoms with van der Waals surface area (Å²) in [4.78, 5) is 37.6. The normalized spacial score (nSPS) is 14.2. The number of fused-ring (bicyclic) bond motifs is 3. The summed E-state index contributed by atoms with van der Waals surface area (Å²) < 4.78 is 6.99. The number of rotatable bonds is 5. The van der Waals surface area contributed by atoms with Gasteiger partial charge in [0.1, 0.15) is 16.8 Å². The zero-order valence-electron chi connectivity index (χ0n) is 18.9. The summed E-state index contributed by atoms with van der Waals surface area (Å²) >= 11 is 0. The van der Waals surface area contributed by atoms with Crippen molar-refractivity contribution in [1.82, 2.24) is 19.4 Å². The molecule has 33 heavy (non-hydrogen) atoms. The lowest BCUT2D eigenvalue weighted by molar-refractivity contribution is -0.131. The molecule has 170 valence electrons. The average Bonchev–Trinajstić information content (AvgIpc) is 3.22. The molecule has 0 spiro atoms. The molecule has 0 atom stereocenters. The number of nitrogens with zero attached hydrogens (tertiary/aromatic N) is 4. The predicted octanol–water partition coefficient (Wildman–Crippen LogP) is 2.93. The van der Waals surface area contributed by atoms with Gasteiger partial charge in [0, 0.05) is 50.0 Å². The van der Waals surface area contributed by atoms with Crippen molar-refractivity contribution in [3.05, 3.63) is 64.7 Å². The fraction of sp³-hybridized carbons (Fsp3) is 0.320. The van der Waals surface area contributed by atoms with Gasteiger partial charge in [0.25, 0.3) is 5.56 Å². The van der Waals surface area contributed by atoms with E-state index < -0.39 is 0 Å². The van der Waals surface area contributed by atoms with Gasteiger partial charge in [0.2, 0.25) is 5.91 Å². The van der Waals surface area contributed by atoms with E-state index >= 15 is 0 Å². The lowest BCUT2D eigenvalue weighted by Gasteiger charge is -2.36. The quantitative estimate of drug-likeness (QED) is 0.511. The van der Waals surface area contributed by atoms with Crippen LogP contribution in [0.1, 0.15) is 12.0 Å². The number of carbonyl (C=O) groups is 1. The number of carbonyl (C=O) groups excluding carboxylic acids is 1. The van der Waals surface area contributed by atoms with Crippen molar-refractivity contribution in [2.24, 2.45) is 0 Å². The molecule has 5 rings (SSSR count). The van der Waals surface area contributed by atoms with Crippen molar-refractivity contribution >= 4 is 33.5 Å². The third-order valence-electron chi connectivity index (χ3n) is 6.35. The number of methoxy groups -OCH3 is 1. The molecule has 1 aliphatic rings. The molecule has 1 amide bonds. The maximum Gasteiger partial charge on any atom is 0.277 e. The van der Waals surface area contributed by atoms with E-state index in [2.05, 4.69) is 14.9 Å². The van der Waals surface area contributed by atoms with Crippen LogP contribution in [0, 0.1) is 6.92 Å². The monoisotopic (exact) mass is 445 g/mol. The van der Waals surface area contributed by atoms with Crippen LogP contribution in [0.25, 0.3) is 21.9 Å². The van der Waals surface area contributed by atoms with Gasteiger partial charge in [0.15, 0.2) is 0 Å². The molecule has 1 N–H and O–H groups in total. The molecule has 0 radical (unpaired) electrons. The number of nitrogens with one attached hydrogen (secondary N) is 1. The molecular weight excluding hydrogens is 418 g/mol. The first-order valence-electron chi connectivity index (χ1n) is 11.2. The fourth-order valence-corrected chi connectivity index (χ4v) is 4.53. The molecule has 0 unspecified atom stereocenters. The van der Waals surface area contributed by atoms with Gasteiger partial charge < -0.3 is 19.5 Å². The largest absolute Gasteiger partial charge is 0.495 e. The molecule has 2 aromatic carbocycles. The summed E-state index contributed by atoms with van der Waals surface area (Å²) in [7, 11) is 1.67.